The number of halogens is 2. The lowest BCUT2D eigenvalue weighted by molar-refractivity contribution is 0.417. The van der Waals surface area contributed by atoms with E-state index < -0.39 is 0 Å². The number of nitrogens with one attached hydrogen (secondary N) is 1. The average Bonchev–Trinajstić information content (AvgIpc) is 2.20. The lowest BCUT2D eigenvalue weighted by Crippen LogP contribution is -2.30. The van der Waals surface area contributed by atoms with Gasteiger partial charge < -0.3 is 5.32 Å². The Kier molecular flexibility index (Phi) is 4.74. The van der Waals surface area contributed by atoms with Crippen LogP contribution in [0.3, 0.4) is 0 Å². The minimum Gasteiger partial charge on any atom is -0.317 e. The highest BCUT2D eigenvalue weighted by atomic mass is 79.9. The molecule has 0 aliphatic rings. The minimum atomic E-state index is -0.125. The van der Waals surface area contributed by atoms with E-state index in [9.17, 15) is 4.39 Å². The molecule has 2 atom stereocenters. The van der Waals surface area contributed by atoms with Crippen LogP contribution in [0, 0.1) is 11.7 Å². The van der Waals surface area contributed by atoms with Crippen molar-refractivity contribution in [1.82, 2.24) is 5.32 Å². The van der Waals surface area contributed by atoms with Crippen molar-refractivity contribution < 1.29 is 4.39 Å². The van der Waals surface area contributed by atoms with Crippen LogP contribution in [0.2, 0.25) is 0 Å². The number of hydrogen-bond donors (Lipinski definition) is 1. The molecule has 0 saturated carbocycles. The molecule has 15 heavy (non-hydrogen) atoms. The fourth-order valence-corrected chi connectivity index (χ4v) is 1.83. The second kappa shape index (κ2) is 5.61. The van der Waals surface area contributed by atoms with Gasteiger partial charge in [0.1, 0.15) is 5.82 Å². The monoisotopic (exact) mass is 273 g/mol. The van der Waals surface area contributed by atoms with E-state index in [2.05, 4.69) is 35.1 Å². The van der Waals surface area contributed by atoms with E-state index in [1.807, 2.05) is 19.2 Å². The fourth-order valence-electron chi connectivity index (χ4n) is 1.50. The Morgan fingerprint density at radius 1 is 1.40 bits per heavy atom. The van der Waals surface area contributed by atoms with E-state index in [4.69, 9.17) is 0 Å². The third-order valence-electron chi connectivity index (χ3n) is 2.87. The Morgan fingerprint density at radius 2 is 2.07 bits per heavy atom. The molecule has 0 aliphatic carbocycles. The van der Waals surface area contributed by atoms with E-state index in [0.717, 1.165) is 16.5 Å². The predicted molar refractivity (Wildman–Crippen MR) is 65.5 cm³/mol. The van der Waals surface area contributed by atoms with Gasteiger partial charge in [0.15, 0.2) is 0 Å². The fraction of sp³-hybridized carbons (Fsp3) is 0.500. The molecule has 1 nitrogen and oxygen atoms in total. The molecule has 1 aromatic rings. The molecule has 1 rings (SSSR count). The van der Waals surface area contributed by atoms with Gasteiger partial charge in [0.05, 0.1) is 0 Å². The molecule has 0 radical (unpaired) electrons. The summed E-state index contributed by atoms with van der Waals surface area (Å²) in [6.45, 7) is 4.24. The molecule has 1 N–H and O–H groups in total. The van der Waals surface area contributed by atoms with Crippen molar-refractivity contribution in [2.45, 2.75) is 26.3 Å². The van der Waals surface area contributed by atoms with E-state index in [0.29, 0.717) is 12.0 Å². The summed E-state index contributed by atoms with van der Waals surface area (Å²) in [6, 6.07) is 5.65. The van der Waals surface area contributed by atoms with Gasteiger partial charge >= 0.3 is 0 Å². The van der Waals surface area contributed by atoms with Crippen LogP contribution >= 0.6 is 15.9 Å². The molecule has 1 aromatic carbocycles. The summed E-state index contributed by atoms with van der Waals surface area (Å²) in [5.74, 6) is 0.296. The standard InChI is InChI=1S/C12H17BrFN/c1-8(9(2)15-3)6-10-4-5-11(13)7-12(10)14/h4-5,7-9,15H,6H2,1-3H3. The van der Waals surface area contributed by atoms with E-state index in [-0.39, 0.29) is 5.82 Å². The summed E-state index contributed by atoms with van der Waals surface area (Å²) < 4.78 is 14.3. The van der Waals surface area contributed by atoms with Crippen molar-refractivity contribution in [2.24, 2.45) is 5.92 Å². The van der Waals surface area contributed by atoms with Crippen molar-refractivity contribution >= 4 is 15.9 Å². The van der Waals surface area contributed by atoms with Crippen LogP contribution in [0.5, 0.6) is 0 Å². The van der Waals surface area contributed by atoms with Gasteiger partial charge in [-0.05, 0) is 44.0 Å². The number of rotatable bonds is 4. The molecule has 0 fully saturated rings. The number of benzene rings is 1. The average molecular weight is 274 g/mol. The summed E-state index contributed by atoms with van der Waals surface area (Å²) in [6.07, 6.45) is 0.765. The van der Waals surface area contributed by atoms with Crippen molar-refractivity contribution in [3.05, 3.63) is 34.1 Å². The third-order valence-corrected chi connectivity index (χ3v) is 3.36. The normalized spacial score (nSPS) is 15.0. The zero-order chi connectivity index (χ0) is 11.4. The molecule has 0 bridgehead atoms. The molecule has 2 unspecified atom stereocenters. The predicted octanol–water partition coefficient (Wildman–Crippen LogP) is 3.37. The molecular weight excluding hydrogens is 257 g/mol. The number of hydrogen-bond acceptors (Lipinski definition) is 1. The van der Waals surface area contributed by atoms with Crippen LogP contribution in [0.1, 0.15) is 19.4 Å². The molecule has 0 aromatic heterocycles. The second-order valence-electron chi connectivity index (χ2n) is 3.99. The highest BCUT2D eigenvalue weighted by Gasteiger charge is 2.13. The second-order valence-corrected chi connectivity index (χ2v) is 4.91. The van der Waals surface area contributed by atoms with E-state index in [1.54, 1.807) is 0 Å². The first-order chi connectivity index (χ1) is 7.04. The van der Waals surface area contributed by atoms with Crippen LogP contribution in [0.25, 0.3) is 0 Å². The van der Waals surface area contributed by atoms with Crippen molar-refractivity contribution in [1.29, 1.82) is 0 Å². The minimum absolute atomic E-state index is 0.125. The smallest absolute Gasteiger partial charge is 0.127 e. The molecule has 84 valence electrons. The molecular formula is C12H17BrFN. The van der Waals surface area contributed by atoms with Gasteiger partial charge in [0, 0.05) is 10.5 Å². The zero-order valence-corrected chi connectivity index (χ0v) is 10.9. The van der Waals surface area contributed by atoms with Crippen molar-refractivity contribution in [3.8, 4) is 0 Å². The quantitative estimate of drug-likeness (QED) is 0.887. The maximum Gasteiger partial charge on any atom is 0.127 e. The van der Waals surface area contributed by atoms with Crippen LogP contribution in [-0.4, -0.2) is 13.1 Å². The lowest BCUT2D eigenvalue weighted by Gasteiger charge is -2.19. The van der Waals surface area contributed by atoms with Gasteiger partial charge in [0.2, 0.25) is 0 Å². The first-order valence-corrected chi connectivity index (χ1v) is 5.95. The highest BCUT2D eigenvalue weighted by molar-refractivity contribution is 9.10. The first-order valence-electron chi connectivity index (χ1n) is 5.15. The van der Waals surface area contributed by atoms with Crippen molar-refractivity contribution in [3.63, 3.8) is 0 Å². The molecule has 0 heterocycles. The van der Waals surface area contributed by atoms with Gasteiger partial charge in [-0.15, -0.1) is 0 Å². The van der Waals surface area contributed by atoms with E-state index in [1.165, 1.54) is 6.07 Å². The summed E-state index contributed by atoms with van der Waals surface area (Å²) in [7, 11) is 1.93. The SMILES string of the molecule is CNC(C)C(C)Cc1ccc(Br)cc1F. The van der Waals surface area contributed by atoms with E-state index >= 15 is 0 Å². The van der Waals surface area contributed by atoms with Crippen LogP contribution < -0.4 is 5.32 Å². The molecule has 0 saturated heterocycles. The van der Waals surface area contributed by atoms with Gasteiger partial charge in [-0.25, -0.2) is 4.39 Å². The van der Waals surface area contributed by atoms with Crippen LogP contribution in [0.4, 0.5) is 4.39 Å². The van der Waals surface area contributed by atoms with Gasteiger partial charge in [-0.1, -0.05) is 28.9 Å². The lowest BCUT2D eigenvalue weighted by atomic mass is 9.95. The highest BCUT2D eigenvalue weighted by Crippen LogP contribution is 2.19. The van der Waals surface area contributed by atoms with Gasteiger partial charge in [0.25, 0.3) is 0 Å². The Balaban J connectivity index is 2.72. The summed E-state index contributed by atoms with van der Waals surface area (Å²) in [5.41, 5.74) is 0.785. The summed E-state index contributed by atoms with van der Waals surface area (Å²) in [4.78, 5) is 0. The van der Waals surface area contributed by atoms with Gasteiger partial charge in [-0.3, -0.25) is 0 Å². The Labute approximate surface area is 99.2 Å². The topological polar surface area (TPSA) is 12.0 Å². The zero-order valence-electron chi connectivity index (χ0n) is 9.35. The Hall–Kier alpha value is -0.410. The molecule has 3 heteroatoms. The molecule has 0 aliphatic heterocycles. The van der Waals surface area contributed by atoms with Crippen LogP contribution in [0.15, 0.2) is 22.7 Å². The largest absolute Gasteiger partial charge is 0.317 e. The molecule has 0 amide bonds. The van der Waals surface area contributed by atoms with Crippen LogP contribution in [-0.2, 0) is 6.42 Å². The Morgan fingerprint density at radius 3 is 2.60 bits per heavy atom. The maximum atomic E-state index is 13.5. The first kappa shape index (κ1) is 12.7. The van der Waals surface area contributed by atoms with Crippen molar-refractivity contribution in [2.75, 3.05) is 7.05 Å². The summed E-state index contributed by atoms with van der Waals surface area (Å²) >= 11 is 3.25. The van der Waals surface area contributed by atoms with Gasteiger partial charge in [-0.2, -0.15) is 0 Å². The molecule has 0 spiro atoms. The third kappa shape index (κ3) is 3.58. The Bertz CT molecular complexity index is 327. The maximum absolute atomic E-state index is 13.5. The summed E-state index contributed by atoms with van der Waals surface area (Å²) in [5, 5.41) is 3.18.